The Morgan fingerprint density at radius 3 is 1.87 bits per heavy atom. The first-order valence-corrected chi connectivity index (χ1v) is 6.89. The fourth-order valence-electron chi connectivity index (χ4n) is 0.594. The molecule has 15 heavy (non-hydrogen) atoms. The third kappa shape index (κ3) is 24.7. The van der Waals surface area contributed by atoms with Crippen LogP contribution in [0.2, 0.25) is 0 Å². The molecule has 5 nitrogen and oxygen atoms in total. The first kappa shape index (κ1) is 17.0. The van der Waals surface area contributed by atoms with Crippen molar-refractivity contribution in [1.29, 1.82) is 0 Å². The number of unbranched alkanes of at least 4 members (excludes halogenated alkanes) is 2. The van der Waals surface area contributed by atoms with E-state index in [1.165, 1.54) is 12.8 Å². The minimum Gasteiger partial charge on any atom is -0.481 e. The topological polar surface area (TPSA) is 94.8 Å². The van der Waals surface area contributed by atoms with Gasteiger partial charge in [-0.2, -0.15) is 0 Å². The van der Waals surface area contributed by atoms with E-state index >= 15 is 0 Å². The Hall–Kier alpha value is -0.380. The Labute approximate surface area is 90.7 Å². The quantitative estimate of drug-likeness (QED) is 0.488. The van der Waals surface area contributed by atoms with E-state index in [9.17, 15) is 9.36 Å². The Kier molecular flexibility index (Phi) is 11.5. The SMILES string of the molecule is CCCC.O=C(O)CCCCP(=O)(O)O. The van der Waals surface area contributed by atoms with Crippen LogP contribution in [0, 0.1) is 0 Å². The van der Waals surface area contributed by atoms with Crippen LogP contribution in [0.1, 0.15) is 46.0 Å². The number of rotatable bonds is 6. The van der Waals surface area contributed by atoms with Crippen LogP contribution in [0.15, 0.2) is 0 Å². The number of carboxylic acids is 1. The molecular weight excluding hydrogens is 219 g/mol. The number of aliphatic carboxylic acids is 1. The van der Waals surface area contributed by atoms with Crippen molar-refractivity contribution in [2.45, 2.75) is 46.0 Å². The summed E-state index contributed by atoms with van der Waals surface area (Å²) >= 11 is 0. The second-order valence-corrected chi connectivity index (χ2v) is 5.02. The molecule has 6 heteroatoms. The van der Waals surface area contributed by atoms with E-state index in [2.05, 4.69) is 13.8 Å². The Balaban J connectivity index is 0. The van der Waals surface area contributed by atoms with Crippen molar-refractivity contribution in [2.24, 2.45) is 0 Å². The molecule has 0 saturated carbocycles. The number of hydrogen-bond acceptors (Lipinski definition) is 2. The molecule has 0 rings (SSSR count). The van der Waals surface area contributed by atoms with Crippen molar-refractivity contribution < 1.29 is 24.3 Å². The van der Waals surface area contributed by atoms with Gasteiger partial charge in [0.05, 0.1) is 0 Å². The first-order valence-electron chi connectivity index (χ1n) is 5.09. The lowest BCUT2D eigenvalue weighted by molar-refractivity contribution is -0.137. The highest BCUT2D eigenvalue weighted by Crippen LogP contribution is 2.35. The number of carbonyl (C=O) groups is 1. The zero-order chi connectivity index (χ0) is 12.3. The van der Waals surface area contributed by atoms with E-state index in [1.54, 1.807) is 0 Å². The fourth-order valence-corrected chi connectivity index (χ4v) is 1.23. The summed E-state index contributed by atoms with van der Waals surface area (Å²) in [7, 11) is -3.92. The lowest BCUT2D eigenvalue weighted by Gasteiger charge is -2.00. The standard InChI is InChI=1S/C5H11O5P.C4H10/c6-5(7)3-1-2-4-11(8,9)10;1-3-4-2/h1-4H2,(H,6,7)(H2,8,9,10);3-4H2,1-2H3. The highest BCUT2D eigenvalue weighted by molar-refractivity contribution is 7.51. The van der Waals surface area contributed by atoms with E-state index < -0.39 is 13.6 Å². The molecule has 0 atom stereocenters. The second kappa shape index (κ2) is 10.1. The van der Waals surface area contributed by atoms with E-state index in [0.29, 0.717) is 6.42 Å². The van der Waals surface area contributed by atoms with Crippen molar-refractivity contribution in [3.63, 3.8) is 0 Å². The van der Waals surface area contributed by atoms with E-state index in [1.807, 2.05) is 0 Å². The molecule has 0 spiro atoms. The predicted molar refractivity (Wildman–Crippen MR) is 59.0 cm³/mol. The monoisotopic (exact) mass is 240 g/mol. The van der Waals surface area contributed by atoms with Gasteiger partial charge in [-0.1, -0.05) is 26.7 Å². The van der Waals surface area contributed by atoms with Crippen LogP contribution in [-0.2, 0) is 9.36 Å². The van der Waals surface area contributed by atoms with Crippen molar-refractivity contribution in [1.82, 2.24) is 0 Å². The summed E-state index contributed by atoms with van der Waals surface area (Å²) in [5, 5.41) is 8.15. The third-order valence-electron chi connectivity index (χ3n) is 1.59. The maximum absolute atomic E-state index is 10.2. The lowest BCUT2D eigenvalue weighted by atomic mass is 10.3. The van der Waals surface area contributed by atoms with Gasteiger partial charge in [0.25, 0.3) is 0 Å². The van der Waals surface area contributed by atoms with Gasteiger partial charge in [0.15, 0.2) is 0 Å². The molecule has 0 radical (unpaired) electrons. The molecule has 92 valence electrons. The summed E-state index contributed by atoms with van der Waals surface area (Å²) in [6.45, 7) is 4.36. The molecule has 0 heterocycles. The Morgan fingerprint density at radius 1 is 1.13 bits per heavy atom. The largest absolute Gasteiger partial charge is 0.481 e. The van der Waals surface area contributed by atoms with Crippen LogP contribution in [0.4, 0.5) is 0 Å². The van der Waals surface area contributed by atoms with E-state index in [-0.39, 0.29) is 19.0 Å². The van der Waals surface area contributed by atoms with Crippen LogP contribution >= 0.6 is 7.60 Å². The molecule has 0 aromatic rings. The van der Waals surface area contributed by atoms with Crippen LogP contribution in [-0.4, -0.2) is 27.0 Å². The highest BCUT2D eigenvalue weighted by Gasteiger charge is 2.11. The zero-order valence-electron chi connectivity index (χ0n) is 9.35. The van der Waals surface area contributed by atoms with Gasteiger partial charge in [0, 0.05) is 12.6 Å². The molecule has 0 amide bonds. The number of hydrogen-bond donors (Lipinski definition) is 3. The summed E-state index contributed by atoms with van der Waals surface area (Å²) in [4.78, 5) is 26.6. The predicted octanol–water partition coefficient (Wildman–Crippen LogP) is 2.23. The van der Waals surface area contributed by atoms with Crippen molar-refractivity contribution in [3.05, 3.63) is 0 Å². The van der Waals surface area contributed by atoms with Gasteiger partial charge in [-0.25, -0.2) is 0 Å². The molecule has 0 unspecified atom stereocenters. The fraction of sp³-hybridized carbons (Fsp3) is 0.889. The van der Waals surface area contributed by atoms with Crippen molar-refractivity contribution >= 4 is 13.6 Å². The smallest absolute Gasteiger partial charge is 0.325 e. The zero-order valence-corrected chi connectivity index (χ0v) is 10.2. The Bertz CT molecular complexity index is 197. The normalized spacial score (nSPS) is 10.4. The first-order chi connectivity index (χ1) is 6.83. The Morgan fingerprint density at radius 2 is 1.60 bits per heavy atom. The highest BCUT2D eigenvalue weighted by atomic mass is 31.2. The second-order valence-electron chi connectivity index (χ2n) is 3.24. The minimum atomic E-state index is -3.92. The van der Waals surface area contributed by atoms with Gasteiger partial charge in [0.2, 0.25) is 0 Å². The number of carboxylic acid groups (broad SMARTS) is 1. The summed E-state index contributed by atoms with van der Waals surface area (Å²) in [6.07, 6.45) is 2.97. The molecule has 0 aliphatic carbocycles. The average Bonchev–Trinajstić information content (AvgIpc) is 2.11. The van der Waals surface area contributed by atoms with Gasteiger partial charge >= 0.3 is 13.6 Å². The third-order valence-corrected chi connectivity index (χ3v) is 2.49. The molecule has 0 aromatic heterocycles. The van der Waals surface area contributed by atoms with Gasteiger partial charge < -0.3 is 14.9 Å². The summed E-state index contributed by atoms with van der Waals surface area (Å²) in [6, 6.07) is 0. The van der Waals surface area contributed by atoms with Crippen LogP contribution < -0.4 is 0 Å². The summed E-state index contributed by atoms with van der Waals surface area (Å²) in [5.74, 6) is -0.935. The maximum atomic E-state index is 10.2. The van der Waals surface area contributed by atoms with E-state index in [0.717, 1.165) is 0 Å². The van der Waals surface area contributed by atoms with Crippen LogP contribution in [0.3, 0.4) is 0 Å². The molecule has 0 saturated heterocycles. The van der Waals surface area contributed by atoms with Crippen molar-refractivity contribution in [3.8, 4) is 0 Å². The molecule has 0 aromatic carbocycles. The molecule has 0 aliphatic rings. The van der Waals surface area contributed by atoms with Gasteiger partial charge in [-0.05, 0) is 12.8 Å². The van der Waals surface area contributed by atoms with Crippen LogP contribution in [0.5, 0.6) is 0 Å². The molecule has 3 N–H and O–H groups in total. The average molecular weight is 240 g/mol. The molecule has 0 bridgehead atoms. The van der Waals surface area contributed by atoms with Gasteiger partial charge in [0.1, 0.15) is 0 Å². The lowest BCUT2D eigenvalue weighted by Crippen LogP contribution is -1.95. The summed E-state index contributed by atoms with van der Waals surface area (Å²) in [5.41, 5.74) is 0. The summed E-state index contributed by atoms with van der Waals surface area (Å²) < 4.78 is 10.2. The van der Waals surface area contributed by atoms with Gasteiger partial charge in [-0.15, -0.1) is 0 Å². The maximum Gasteiger partial charge on any atom is 0.325 e. The van der Waals surface area contributed by atoms with Gasteiger partial charge in [-0.3, -0.25) is 9.36 Å². The van der Waals surface area contributed by atoms with Crippen molar-refractivity contribution in [2.75, 3.05) is 6.16 Å². The minimum absolute atomic E-state index is 0.0278. The molecule has 0 aliphatic heterocycles. The molecule has 0 fully saturated rings. The molecular formula is C9H21O5P. The van der Waals surface area contributed by atoms with Crippen LogP contribution in [0.25, 0.3) is 0 Å². The van der Waals surface area contributed by atoms with E-state index in [4.69, 9.17) is 14.9 Å².